The molecule has 2 aromatic carbocycles. The van der Waals surface area contributed by atoms with Crippen molar-refractivity contribution in [3.8, 4) is 0 Å². The van der Waals surface area contributed by atoms with Crippen LogP contribution in [0.2, 0.25) is 0 Å². The van der Waals surface area contributed by atoms with Gasteiger partial charge in [-0.3, -0.25) is 67.6 Å². The average molecular weight is 1540 g/mol. The molecule has 1 aliphatic rings. The van der Waals surface area contributed by atoms with Crippen LogP contribution in [0.5, 0.6) is 0 Å². The number of benzene rings is 2. The van der Waals surface area contributed by atoms with Gasteiger partial charge < -0.3 is 106 Å². The molecule has 1 fully saturated rings. The molecule has 1 aliphatic heterocycles. The Morgan fingerprint density at radius 3 is 1.27 bits per heavy atom. The molecule has 3 rings (SSSR count). The van der Waals surface area contributed by atoms with Crippen molar-refractivity contribution in [2.45, 2.75) is 171 Å². The first-order valence-electron chi connectivity index (χ1n) is 36.5. The molecular weight excluding hydrogens is 1430 g/mol. The third kappa shape index (κ3) is 42.4. The van der Waals surface area contributed by atoms with Gasteiger partial charge in [-0.1, -0.05) is 79.9 Å². The fourth-order valence-electron chi connectivity index (χ4n) is 11.4. The van der Waals surface area contributed by atoms with E-state index in [-0.39, 0.29) is 128 Å². The minimum absolute atomic E-state index is 0.0253. The molecule has 39 heteroatoms. The predicted molar refractivity (Wildman–Crippen MR) is 395 cm³/mol. The van der Waals surface area contributed by atoms with Crippen LogP contribution in [-0.2, 0) is 75.2 Å². The molecule has 606 valence electrons. The number of carbonyl (C=O) groups excluding carboxylic acids is 9. The number of amides is 11. The van der Waals surface area contributed by atoms with Crippen molar-refractivity contribution in [1.82, 2.24) is 73.2 Å². The van der Waals surface area contributed by atoms with Crippen molar-refractivity contribution in [1.29, 1.82) is 0 Å². The summed E-state index contributed by atoms with van der Waals surface area (Å²) in [5.74, 6) is -12.7. The highest BCUT2D eigenvalue weighted by molar-refractivity contribution is 5.96. The van der Waals surface area contributed by atoms with Crippen LogP contribution >= 0.6 is 0 Å². The number of aliphatic carboxylic acids is 6. The Morgan fingerprint density at radius 1 is 0.367 bits per heavy atom. The maximum atomic E-state index is 14.5. The summed E-state index contributed by atoms with van der Waals surface area (Å²) >= 11 is 0. The van der Waals surface area contributed by atoms with Gasteiger partial charge in [0.15, 0.2) is 5.96 Å². The Balaban J connectivity index is 1.58. The Bertz CT molecular complexity index is 3250. The number of nitrogens with two attached hydrogens (primary N) is 3. The first-order valence-corrected chi connectivity index (χ1v) is 36.5. The van der Waals surface area contributed by atoms with Gasteiger partial charge >= 0.3 is 47.9 Å². The Kier molecular flexibility index (Phi) is 45.0. The second-order valence-electron chi connectivity index (χ2n) is 26.2. The normalized spacial score (nSPS) is 14.5. The molecule has 7 unspecified atom stereocenters. The van der Waals surface area contributed by atoms with Gasteiger partial charge in [-0.2, -0.15) is 0 Å². The van der Waals surface area contributed by atoms with E-state index in [0.717, 1.165) is 0 Å². The number of hydrogen-bond donors (Lipinski definition) is 20. The average Bonchev–Trinajstić information content (AvgIpc) is 1.15. The molecule has 0 aromatic heterocycles. The summed E-state index contributed by atoms with van der Waals surface area (Å²) in [6.45, 7) is 1.47. The summed E-state index contributed by atoms with van der Waals surface area (Å²) < 4.78 is 0. The van der Waals surface area contributed by atoms with Gasteiger partial charge in [0.1, 0.15) is 42.3 Å². The Labute approximate surface area is 631 Å². The van der Waals surface area contributed by atoms with Gasteiger partial charge in [0.2, 0.25) is 41.4 Å². The molecule has 7 atom stereocenters. The zero-order valence-corrected chi connectivity index (χ0v) is 61.4. The number of nitrogens with zero attached hydrogens (tertiary/aromatic N) is 4. The van der Waals surface area contributed by atoms with Crippen LogP contribution < -0.4 is 75.7 Å². The smallest absolute Gasteiger partial charge is 0.326 e. The number of unbranched alkanes of at least 4 members (excludes halogenated alkanes) is 6. The summed E-state index contributed by atoms with van der Waals surface area (Å²) in [5.41, 5.74) is 18.2. The van der Waals surface area contributed by atoms with Crippen molar-refractivity contribution in [3.05, 3.63) is 71.8 Å². The zero-order valence-electron chi connectivity index (χ0n) is 61.4. The van der Waals surface area contributed by atoms with E-state index in [1.807, 2.05) is 0 Å². The predicted octanol–water partition coefficient (Wildman–Crippen LogP) is -2.86. The van der Waals surface area contributed by atoms with E-state index in [9.17, 15) is 97.5 Å². The molecule has 0 aliphatic carbocycles. The van der Waals surface area contributed by atoms with Crippen LogP contribution in [0.4, 0.5) is 9.59 Å². The Morgan fingerprint density at radius 2 is 0.771 bits per heavy atom. The number of hydrogen-bond acceptors (Lipinski definition) is 20. The van der Waals surface area contributed by atoms with Gasteiger partial charge in [-0.15, -0.1) is 0 Å². The molecule has 1 heterocycles. The van der Waals surface area contributed by atoms with E-state index in [1.54, 1.807) is 75.4 Å². The van der Waals surface area contributed by atoms with Gasteiger partial charge in [0.25, 0.3) is 0 Å². The first kappa shape index (κ1) is 92.4. The molecular formula is C70H110N18O21. The number of nitrogens with one attached hydrogen (secondary N) is 11. The highest BCUT2D eigenvalue weighted by Crippen LogP contribution is 2.13. The van der Waals surface area contributed by atoms with E-state index in [2.05, 4.69) is 63.5 Å². The van der Waals surface area contributed by atoms with E-state index in [4.69, 9.17) is 22.3 Å². The lowest BCUT2D eigenvalue weighted by Gasteiger charge is -2.26. The lowest BCUT2D eigenvalue weighted by molar-refractivity contribution is -0.142. The van der Waals surface area contributed by atoms with Crippen LogP contribution in [-0.4, -0.2) is 281 Å². The number of carboxylic acids is 6. The highest BCUT2D eigenvalue weighted by Gasteiger charge is 2.33. The number of rotatable bonds is 54. The molecule has 0 spiro atoms. The number of aliphatic imine (C=N–C) groups is 1. The lowest BCUT2D eigenvalue weighted by atomic mass is 10.0. The lowest BCUT2D eigenvalue weighted by Crippen LogP contribution is -2.58. The molecule has 1 saturated heterocycles. The molecule has 0 saturated carbocycles. The molecule has 2 aromatic rings. The fourth-order valence-corrected chi connectivity index (χ4v) is 11.4. The van der Waals surface area contributed by atoms with E-state index in [1.165, 1.54) is 0 Å². The van der Waals surface area contributed by atoms with Crippen molar-refractivity contribution in [2.24, 2.45) is 22.2 Å². The summed E-state index contributed by atoms with van der Waals surface area (Å²) in [6, 6.07) is 6.37. The van der Waals surface area contributed by atoms with E-state index >= 15 is 0 Å². The summed E-state index contributed by atoms with van der Waals surface area (Å²) in [6.07, 6.45) is 3.37. The monoisotopic (exact) mass is 1540 g/mol. The van der Waals surface area contributed by atoms with Crippen molar-refractivity contribution in [3.63, 3.8) is 0 Å². The summed E-state index contributed by atoms with van der Waals surface area (Å²) in [5, 5.41) is 84.7. The fraction of sp³-hybridized carbons (Fsp3) is 0.600. The van der Waals surface area contributed by atoms with Gasteiger partial charge in [0.05, 0.1) is 26.2 Å². The quantitative estimate of drug-likeness (QED) is 0.0180. The topological polar surface area (TPSA) is 610 Å². The summed E-state index contributed by atoms with van der Waals surface area (Å²) in [7, 11) is 0. The van der Waals surface area contributed by atoms with Crippen molar-refractivity contribution >= 4 is 95.2 Å². The molecule has 109 heavy (non-hydrogen) atoms. The highest BCUT2D eigenvalue weighted by atomic mass is 16.4. The van der Waals surface area contributed by atoms with E-state index < -0.39 is 145 Å². The van der Waals surface area contributed by atoms with Crippen LogP contribution in [0.25, 0.3) is 0 Å². The maximum Gasteiger partial charge on any atom is 0.326 e. The second-order valence-corrected chi connectivity index (χ2v) is 26.2. The minimum atomic E-state index is -1.55. The first-order chi connectivity index (χ1) is 52.0. The van der Waals surface area contributed by atoms with Crippen LogP contribution in [0, 0.1) is 0 Å². The third-order valence-electron chi connectivity index (χ3n) is 17.3. The van der Waals surface area contributed by atoms with Crippen LogP contribution in [0.3, 0.4) is 0 Å². The van der Waals surface area contributed by atoms with Gasteiger partial charge in [0, 0.05) is 91.1 Å². The molecule has 11 amide bonds. The zero-order chi connectivity index (χ0) is 80.5. The van der Waals surface area contributed by atoms with Gasteiger partial charge in [-0.05, 0) is 101 Å². The minimum Gasteiger partial charge on any atom is -0.481 e. The molecule has 0 radical (unpaired) electrons. The maximum absolute atomic E-state index is 14.5. The number of carboxylic acid groups (broad SMARTS) is 6. The third-order valence-corrected chi connectivity index (χ3v) is 17.3. The molecule has 39 nitrogen and oxygen atoms in total. The standard InChI is InChI=1S/C70H110N18O21/c71-29-16-24-49(62(99)82-50(65(102)103)22-11-14-30-74-57(91)43-86-34-36-87(44-59(94)95)38-39-88(37-35-86)45-60(96)97)79-56(90)42-78-61(98)48(25-17-33-75-68(72)73)81-64(101)54(41-47-20-8-5-9-21-47)83-63(100)53(40-46-18-6-4-7-19-46)80-55(89)26-10-2-1-3-13-31-76-69(108)77-32-15-12-23-51(66(104)105)84-70(109)85-52(67(106)107)27-28-58(92)93/h4-9,18-21,48-54H,1-3,10-17,22-45,71H2,(H,74,91)(H,78,98)(H,79,90)(H,80,89)(H,81,101)(H,82,99)(H,83,100)(H,92,93)(H,94,95)(H,96,97)(H,102,103)(H,104,105)(H,106,107)(H4,72,73,75)(H2,76,77,108)(H2,84,85,109). The molecule has 0 bridgehead atoms. The number of carbonyl (C=O) groups is 15. The van der Waals surface area contributed by atoms with Gasteiger partial charge in [-0.25, -0.2) is 24.0 Å². The van der Waals surface area contributed by atoms with Crippen molar-refractivity contribution in [2.75, 3.05) is 98.2 Å². The van der Waals surface area contributed by atoms with Crippen LogP contribution in [0.15, 0.2) is 65.7 Å². The largest absolute Gasteiger partial charge is 0.481 e. The number of guanidine groups is 1. The van der Waals surface area contributed by atoms with Crippen LogP contribution in [0.1, 0.15) is 127 Å². The summed E-state index contributed by atoms with van der Waals surface area (Å²) in [4.78, 5) is 200. The molecule has 23 N–H and O–H groups in total. The van der Waals surface area contributed by atoms with E-state index in [0.29, 0.717) is 102 Å². The van der Waals surface area contributed by atoms with Crippen molar-refractivity contribution < 1.29 is 103 Å². The SMILES string of the molecule is NCCCC(NC(=O)CNC(=O)C(CCCN=C(N)N)NC(=O)C(Cc1ccccc1)NC(=O)C(Cc1ccccc1)NC(=O)CCCCCCCNC(=O)NCCCCC(NC(=O)NC(CCC(=O)O)C(=O)O)C(=O)O)C(=O)NC(CCCCNC(=O)CN1CCN(CC(=O)O)CCN(CC(=O)O)CC1)C(=O)O. The Hall–Kier alpha value is -10.8. The second kappa shape index (κ2) is 53.1. The number of urea groups is 2.